The summed E-state index contributed by atoms with van der Waals surface area (Å²) in [5.74, 6) is -0.752. The van der Waals surface area contributed by atoms with Crippen LogP contribution in [-0.2, 0) is 16.0 Å². The first kappa shape index (κ1) is 13.0. The molecule has 1 atom stereocenters. The van der Waals surface area contributed by atoms with E-state index in [1.165, 1.54) is 6.92 Å². The number of carbonyl (C=O) groups is 2. The van der Waals surface area contributed by atoms with E-state index in [0.717, 1.165) is 5.56 Å². The van der Waals surface area contributed by atoms with Crippen molar-refractivity contribution in [2.24, 2.45) is 0 Å². The van der Waals surface area contributed by atoms with Crippen molar-refractivity contribution in [3.63, 3.8) is 0 Å². The Labute approximate surface area is 99.4 Å². The molecule has 92 valence electrons. The molecule has 1 aromatic rings. The fourth-order valence-electron chi connectivity index (χ4n) is 1.48. The van der Waals surface area contributed by atoms with E-state index in [1.807, 2.05) is 0 Å². The van der Waals surface area contributed by atoms with Crippen LogP contribution in [0.4, 0.5) is 0 Å². The number of nitrogens with one attached hydrogen (secondary N) is 1. The molecule has 2 N–H and O–H groups in total. The van der Waals surface area contributed by atoms with Crippen LogP contribution in [0.3, 0.4) is 0 Å². The van der Waals surface area contributed by atoms with Gasteiger partial charge in [-0.3, -0.25) is 4.79 Å². The number of rotatable bonds is 5. The van der Waals surface area contributed by atoms with E-state index in [4.69, 9.17) is 9.84 Å². The summed E-state index contributed by atoms with van der Waals surface area (Å²) in [6.45, 7) is 1.29. The van der Waals surface area contributed by atoms with Gasteiger partial charge in [0.1, 0.15) is 11.8 Å². The van der Waals surface area contributed by atoms with Crippen molar-refractivity contribution in [3.05, 3.63) is 29.8 Å². The van der Waals surface area contributed by atoms with Gasteiger partial charge in [-0.1, -0.05) is 12.1 Å². The predicted octanol–water partition coefficient (Wildman–Crippen LogP) is 0.827. The first-order valence-corrected chi connectivity index (χ1v) is 5.15. The Morgan fingerprint density at radius 3 is 2.71 bits per heavy atom. The van der Waals surface area contributed by atoms with Gasteiger partial charge in [0.25, 0.3) is 0 Å². The Kier molecular flexibility index (Phi) is 4.51. The van der Waals surface area contributed by atoms with E-state index in [9.17, 15) is 9.59 Å². The molecule has 0 bridgehead atoms. The lowest BCUT2D eigenvalue weighted by Gasteiger charge is -2.13. The molecule has 0 aliphatic heterocycles. The van der Waals surface area contributed by atoms with E-state index in [2.05, 4.69) is 5.32 Å². The molecule has 0 aliphatic rings. The molecule has 1 amide bonds. The SMILES string of the molecule is COc1cccc(C[C@H](NC(C)=O)C(=O)O)c1. The number of amides is 1. The van der Waals surface area contributed by atoms with E-state index < -0.39 is 12.0 Å². The number of hydrogen-bond donors (Lipinski definition) is 2. The molecule has 17 heavy (non-hydrogen) atoms. The zero-order valence-corrected chi connectivity index (χ0v) is 9.77. The summed E-state index contributed by atoms with van der Waals surface area (Å²) in [4.78, 5) is 21.8. The van der Waals surface area contributed by atoms with Crippen molar-refractivity contribution < 1.29 is 19.4 Å². The molecule has 0 radical (unpaired) electrons. The minimum Gasteiger partial charge on any atom is -0.497 e. The number of hydrogen-bond acceptors (Lipinski definition) is 3. The molecule has 1 aromatic carbocycles. The predicted molar refractivity (Wildman–Crippen MR) is 61.9 cm³/mol. The molecule has 0 spiro atoms. The van der Waals surface area contributed by atoms with Crippen LogP contribution < -0.4 is 10.1 Å². The topological polar surface area (TPSA) is 75.6 Å². The van der Waals surface area contributed by atoms with Gasteiger partial charge in [0.15, 0.2) is 0 Å². The second-order valence-corrected chi connectivity index (χ2v) is 3.65. The van der Waals surface area contributed by atoms with Gasteiger partial charge >= 0.3 is 5.97 Å². The molecule has 0 aliphatic carbocycles. The van der Waals surface area contributed by atoms with Gasteiger partial charge in [-0.05, 0) is 17.7 Å². The standard InChI is InChI=1S/C12H15NO4/c1-8(14)13-11(12(15)16)7-9-4-3-5-10(6-9)17-2/h3-6,11H,7H2,1-2H3,(H,13,14)(H,15,16)/t11-/m0/s1. The molecule has 1 rings (SSSR count). The van der Waals surface area contributed by atoms with Gasteiger partial charge in [-0.25, -0.2) is 4.79 Å². The van der Waals surface area contributed by atoms with Crippen molar-refractivity contribution in [2.75, 3.05) is 7.11 Å². The lowest BCUT2D eigenvalue weighted by molar-refractivity contribution is -0.141. The van der Waals surface area contributed by atoms with E-state index in [1.54, 1.807) is 31.4 Å². The second-order valence-electron chi connectivity index (χ2n) is 3.65. The first-order chi connectivity index (χ1) is 8.02. The van der Waals surface area contributed by atoms with Gasteiger partial charge in [-0.2, -0.15) is 0 Å². The molecule has 5 heteroatoms. The molecule has 0 aromatic heterocycles. The third-order valence-corrected chi connectivity index (χ3v) is 2.25. The normalized spacial score (nSPS) is 11.6. The average Bonchev–Trinajstić information content (AvgIpc) is 2.27. The fourth-order valence-corrected chi connectivity index (χ4v) is 1.48. The molecular weight excluding hydrogens is 222 g/mol. The van der Waals surface area contributed by atoms with Crippen LogP contribution in [0, 0.1) is 0 Å². The Morgan fingerprint density at radius 2 is 2.18 bits per heavy atom. The van der Waals surface area contributed by atoms with Crippen molar-refractivity contribution in [2.45, 2.75) is 19.4 Å². The number of carboxylic acid groups (broad SMARTS) is 1. The summed E-state index contributed by atoms with van der Waals surface area (Å²) >= 11 is 0. The van der Waals surface area contributed by atoms with Gasteiger partial charge in [0.05, 0.1) is 7.11 Å². The average molecular weight is 237 g/mol. The first-order valence-electron chi connectivity index (χ1n) is 5.15. The lowest BCUT2D eigenvalue weighted by Crippen LogP contribution is -2.41. The highest BCUT2D eigenvalue weighted by Crippen LogP contribution is 2.14. The molecule has 0 saturated heterocycles. The monoisotopic (exact) mass is 237 g/mol. The maximum Gasteiger partial charge on any atom is 0.326 e. The van der Waals surface area contributed by atoms with Crippen LogP contribution in [0.1, 0.15) is 12.5 Å². The minimum absolute atomic E-state index is 0.228. The van der Waals surface area contributed by atoms with Crippen LogP contribution in [0.25, 0.3) is 0 Å². The molecular formula is C12H15NO4. The molecule has 5 nitrogen and oxygen atoms in total. The Morgan fingerprint density at radius 1 is 1.47 bits per heavy atom. The molecule has 0 saturated carbocycles. The van der Waals surface area contributed by atoms with Gasteiger partial charge in [0.2, 0.25) is 5.91 Å². The summed E-state index contributed by atoms with van der Waals surface area (Å²) in [6.07, 6.45) is 0.228. The zero-order valence-electron chi connectivity index (χ0n) is 9.77. The van der Waals surface area contributed by atoms with Crippen molar-refractivity contribution in [3.8, 4) is 5.75 Å². The van der Waals surface area contributed by atoms with Gasteiger partial charge < -0.3 is 15.2 Å². The van der Waals surface area contributed by atoms with Crippen LogP contribution >= 0.6 is 0 Å². The smallest absolute Gasteiger partial charge is 0.326 e. The third-order valence-electron chi connectivity index (χ3n) is 2.25. The Hall–Kier alpha value is -2.04. The van der Waals surface area contributed by atoms with Crippen LogP contribution in [0.2, 0.25) is 0 Å². The summed E-state index contributed by atoms with van der Waals surface area (Å²) in [6, 6.07) is 6.18. The number of methoxy groups -OCH3 is 1. The van der Waals surface area contributed by atoms with Crippen molar-refractivity contribution in [1.82, 2.24) is 5.32 Å². The summed E-state index contributed by atoms with van der Waals surface area (Å²) in [5.41, 5.74) is 0.797. The zero-order chi connectivity index (χ0) is 12.8. The number of aliphatic carboxylic acids is 1. The van der Waals surface area contributed by atoms with E-state index >= 15 is 0 Å². The quantitative estimate of drug-likeness (QED) is 0.795. The molecule has 0 heterocycles. The minimum atomic E-state index is -1.05. The highest BCUT2D eigenvalue weighted by atomic mass is 16.5. The maximum absolute atomic E-state index is 10.9. The number of ether oxygens (including phenoxy) is 1. The van der Waals surface area contributed by atoms with Crippen molar-refractivity contribution >= 4 is 11.9 Å². The fraction of sp³-hybridized carbons (Fsp3) is 0.333. The van der Waals surface area contributed by atoms with E-state index in [0.29, 0.717) is 5.75 Å². The van der Waals surface area contributed by atoms with Gasteiger partial charge in [-0.15, -0.1) is 0 Å². The Bertz CT molecular complexity index is 417. The molecule has 0 fully saturated rings. The highest BCUT2D eigenvalue weighted by Gasteiger charge is 2.18. The molecule has 0 unspecified atom stereocenters. The second kappa shape index (κ2) is 5.89. The number of carbonyl (C=O) groups excluding carboxylic acids is 1. The van der Waals surface area contributed by atoms with Crippen LogP contribution in [0.5, 0.6) is 5.75 Å². The van der Waals surface area contributed by atoms with E-state index in [-0.39, 0.29) is 12.3 Å². The lowest BCUT2D eigenvalue weighted by atomic mass is 10.1. The number of carboxylic acids is 1. The third kappa shape index (κ3) is 4.14. The summed E-state index contributed by atoms with van der Waals surface area (Å²) in [7, 11) is 1.54. The van der Waals surface area contributed by atoms with Crippen LogP contribution in [0.15, 0.2) is 24.3 Å². The highest BCUT2D eigenvalue weighted by molar-refractivity contribution is 5.82. The van der Waals surface area contributed by atoms with Crippen LogP contribution in [-0.4, -0.2) is 30.1 Å². The Balaban J connectivity index is 2.78. The van der Waals surface area contributed by atoms with Crippen molar-refractivity contribution in [1.29, 1.82) is 0 Å². The summed E-state index contributed by atoms with van der Waals surface area (Å²) < 4.78 is 5.04. The van der Waals surface area contributed by atoms with Gasteiger partial charge in [0, 0.05) is 13.3 Å². The largest absolute Gasteiger partial charge is 0.497 e. The maximum atomic E-state index is 10.9. The summed E-state index contributed by atoms with van der Waals surface area (Å²) in [5, 5.41) is 11.3. The number of benzene rings is 1.